The number of amides is 1. The van der Waals surface area contributed by atoms with Crippen molar-refractivity contribution in [1.29, 1.82) is 0 Å². The van der Waals surface area contributed by atoms with E-state index in [2.05, 4.69) is 5.32 Å². The van der Waals surface area contributed by atoms with Crippen LogP contribution in [0.4, 0.5) is 11.4 Å². The van der Waals surface area contributed by atoms with Gasteiger partial charge in [0, 0.05) is 22.0 Å². The second kappa shape index (κ2) is 6.32. The Kier molecular flexibility index (Phi) is 4.31. The minimum atomic E-state index is -4.49. The van der Waals surface area contributed by atoms with Crippen molar-refractivity contribution in [1.82, 2.24) is 0 Å². The molecule has 0 aliphatic rings. The topological polar surface area (TPSA) is 130 Å². The molecule has 0 bridgehead atoms. The number of carbonyl (C=O) groups excluding carboxylic acids is 1. The first-order valence-corrected chi connectivity index (χ1v) is 9.02. The quantitative estimate of drug-likeness (QED) is 0.413. The molecule has 0 aliphatic carbocycles. The summed E-state index contributed by atoms with van der Waals surface area (Å²) in [6, 6.07) is 11.5. The fourth-order valence-electron chi connectivity index (χ4n) is 2.67. The second-order valence-corrected chi connectivity index (χ2v) is 7.20. The summed E-state index contributed by atoms with van der Waals surface area (Å²) in [5, 5.41) is 13.0. The molecule has 0 saturated heterocycles. The van der Waals surface area contributed by atoms with E-state index in [9.17, 15) is 22.9 Å². The number of hydrogen-bond acceptors (Lipinski definition) is 5. The first kappa shape index (κ1) is 17.7. The number of benzene rings is 3. The van der Waals surface area contributed by atoms with Crippen molar-refractivity contribution < 1.29 is 22.9 Å². The van der Waals surface area contributed by atoms with Gasteiger partial charge in [-0.2, -0.15) is 8.42 Å². The van der Waals surface area contributed by atoms with Crippen molar-refractivity contribution in [2.24, 2.45) is 0 Å². The fraction of sp³-hybridized carbons (Fsp3) is 0.0556. The van der Waals surface area contributed by atoms with Crippen LogP contribution < -0.4 is 11.1 Å². The summed E-state index contributed by atoms with van der Waals surface area (Å²) in [7, 11) is -4.49. The number of nitrogens with two attached hydrogens (primary N) is 1. The molecule has 134 valence electrons. The molecule has 0 fully saturated rings. The lowest BCUT2D eigenvalue weighted by Gasteiger charge is -2.13. The number of carbonyl (C=O) groups is 1. The van der Waals surface area contributed by atoms with Crippen molar-refractivity contribution in [2.45, 2.75) is 11.8 Å². The second-order valence-electron chi connectivity index (χ2n) is 5.81. The Morgan fingerprint density at radius 2 is 1.85 bits per heavy atom. The summed E-state index contributed by atoms with van der Waals surface area (Å²) in [4.78, 5) is 12.1. The Balaban J connectivity index is 2.11. The molecule has 0 spiro atoms. The average Bonchev–Trinajstić information content (AvgIpc) is 2.56. The number of fused-ring (bicyclic) bond motifs is 1. The molecule has 0 saturated carbocycles. The Bertz CT molecular complexity index is 1140. The number of phenolic OH excluding ortho intramolecular Hbond substituents is 1. The van der Waals surface area contributed by atoms with E-state index in [4.69, 9.17) is 5.73 Å². The number of hydrogen-bond donors (Lipinski definition) is 4. The monoisotopic (exact) mass is 372 g/mol. The smallest absolute Gasteiger partial charge is 0.295 e. The molecule has 3 rings (SSSR count). The number of anilines is 2. The number of phenols is 1. The predicted molar refractivity (Wildman–Crippen MR) is 99.0 cm³/mol. The van der Waals surface area contributed by atoms with Gasteiger partial charge in [-0.15, -0.1) is 0 Å². The summed E-state index contributed by atoms with van der Waals surface area (Å²) in [6.07, 6.45) is 0. The zero-order valence-corrected chi connectivity index (χ0v) is 14.5. The summed E-state index contributed by atoms with van der Waals surface area (Å²) in [5.74, 6) is -0.701. The molecule has 0 aliphatic heterocycles. The van der Waals surface area contributed by atoms with Crippen LogP contribution in [0.5, 0.6) is 5.75 Å². The molecule has 0 unspecified atom stereocenters. The van der Waals surface area contributed by atoms with Gasteiger partial charge in [-0.3, -0.25) is 9.35 Å². The lowest BCUT2D eigenvalue weighted by molar-refractivity contribution is 0.102. The third-order valence-electron chi connectivity index (χ3n) is 4.05. The minimum absolute atomic E-state index is 0.0914. The number of rotatable bonds is 3. The van der Waals surface area contributed by atoms with Gasteiger partial charge in [-0.1, -0.05) is 18.2 Å². The van der Waals surface area contributed by atoms with Crippen molar-refractivity contribution in [3.63, 3.8) is 0 Å². The first-order chi connectivity index (χ1) is 12.2. The van der Waals surface area contributed by atoms with Gasteiger partial charge in [0.2, 0.25) is 0 Å². The molecule has 7 nitrogen and oxygen atoms in total. The SMILES string of the molecule is Cc1ccc(C(=O)Nc2ccc(S(=O)(=O)O)c3cccc(O)c23)cc1N. The van der Waals surface area contributed by atoms with Crippen LogP contribution in [-0.2, 0) is 10.1 Å². The standard InChI is InChI=1S/C18H16N2O5S/c1-10-5-6-11(9-13(10)19)18(22)20-14-7-8-16(26(23,24)25)12-3-2-4-15(21)17(12)14/h2-9,21H,19H2,1H3,(H,20,22)(H,23,24,25). The third kappa shape index (κ3) is 3.19. The number of aryl methyl sites for hydroxylation is 1. The Morgan fingerprint density at radius 1 is 1.12 bits per heavy atom. The van der Waals surface area contributed by atoms with Gasteiger partial charge in [0.05, 0.1) is 5.69 Å². The van der Waals surface area contributed by atoms with Crippen LogP contribution in [0.1, 0.15) is 15.9 Å². The van der Waals surface area contributed by atoms with Gasteiger partial charge < -0.3 is 16.2 Å². The first-order valence-electron chi connectivity index (χ1n) is 7.58. The summed E-state index contributed by atoms with van der Waals surface area (Å²) in [6.45, 7) is 1.82. The zero-order valence-electron chi connectivity index (χ0n) is 13.7. The predicted octanol–water partition coefficient (Wildman–Crippen LogP) is 2.94. The molecule has 1 amide bonds. The van der Waals surface area contributed by atoms with Gasteiger partial charge in [0.25, 0.3) is 16.0 Å². The van der Waals surface area contributed by atoms with Crippen LogP contribution in [0.3, 0.4) is 0 Å². The van der Waals surface area contributed by atoms with E-state index >= 15 is 0 Å². The van der Waals surface area contributed by atoms with Gasteiger partial charge in [-0.25, -0.2) is 0 Å². The van der Waals surface area contributed by atoms with Crippen LogP contribution in [0.25, 0.3) is 10.8 Å². The molecular formula is C18H16N2O5S. The van der Waals surface area contributed by atoms with Gasteiger partial charge in [-0.05, 0) is 42.8 Å². The van der Waals surface area contributed by atoms with E-state index in [1.165, 1.54) is 30.3 Å². The van der Waals surface area contributed by atoms with Crippen LogP contribution in [0.2, 0.25) is 0 Å². The fourth-order valence-corrected chi connectivity index (χ4v) is 3.35. The molecule has 0 heterocycles. The number of nitrogen functional groups attached to an aromatic ring is 1. The van der Waals surface area contributed by atoms with Crippen molar-refractivity contribution in [3.8, 4) is 5.75 Å². The van der Waals surface area contributed by atoms with Gasteiger partial charge in [0.15, 0.2) is 0 Å². The van der Waals surface area contributed by atoms with E-state index < -0.39 is 16.0 Å². The maximum absolute atomic E-state index is 12.5. The zero-order chi connectivity index (χ0) is 19.1. The highest BCUT2D eigenvalue weighted by Gasteiger charge is 2.19. The highest BCUT2D eigenvalue weighted by molar-refractivity contribution is 7.86. The molecule has 0 radical (unpaired) electrons. The molecular weight excluding hydrogens is 356 g/mol. The van der Waals surface area contributed by atoms with E-state index in [1.54, 1.807) is 12.1 Å². The molecule has 3 aromatic carbocycles. The molecule has 5 N–H and O–H groups in total. The van der Waals surface area contributed by atoms with Crippen LogP contribution in [0.15, 0.2) is 53.4 Å². The largest absolute Gasteiger partial charge is 0.507 e. The van der Waals surface area contributed by atoms with E-state index in [0.29, 0.717) is 11.3 Å². The Labute approximate surface area is 149 Å². The van der Waals surface area contributed by atoms with E-state index in [-0.39, 0.29) is 27.1 Å². The molecule has 8 heteroatoms. The van der Waals surface area contributed by atoms with E-state index in [1.807, 2.05) is 6.92 Å². The van der Waals surface area contributed by atoms with Crippen LogP contribution >= 0.6 is 0 Å². The van der Waals surface area contributed by atoms with Gasteiger partial charge >= 0.3 is 0 Å². The van der Waals surface area contributed by atoms with Crippen molar-refractivity contribution in [2.75, 3.05) is 11.1 Å². The Morgan fingerprint density at radius 3 is 2.50 bits per heavy atom. The number of aromatic hydroxyl groups is 1. The van der Waals surface area contributed by atoms with Crippen molar-refractivity contribution >= 4 is 38.2 Å². The summed E-state index contributed by atoms with van der Waals surface area (Å²) < 4.78 is 32.5. The lowest BCUT2D eigenvalue weighted by Crippen LogP contribution is -2.13. The highest BCUT2D eigenvalue weighted by atomic mass is 32.2. The average molecular weight is 372 g/mol. The maximum atomic E-state index is 12.5. The maximum Gasteiger partial charge on any atom is 0.295 e. The normalized spacial score (nSPS) is 11.5. The molecule has 0 atom stereocenters. The van der Waals surface area contributed by atoms with Crippen molar-refractivity contribution in [3.05, 3.63) is 59.7 Å². The highest BCUT2D eigenvalue weighted by Crippen LogP contribution is 2.35. The van der Waals surface area contributed by atoms with Crippen LogP contribution in [0, 0.1) is 6.92 Å². The minimum Gasteiger partial charge on any atom is -0.507 e. The van der Waals surface area contributed by atoms with Crippen LogP contribution in [-0.4, -0.2) is 24.0 Å². The summed E-state index contributed by atoms with van der Waals surface area (Å²) >= 11 is 0. The lowest BCUT2D eigenvalue weighted by atomic mass is 10.1. The van der Waals surface area contributed by atoms with E-state index in [0.717, 1.165) is 11.6 Å². The van der Waals surface area contributed by atoms with Gasteiger partial charge in [0.1, 0.15) is 10.6 Å². The number of nitrogens with one attached hydrogen (secondary N) is 1. The summed E-state index contributed by atoms with van der Waals surface area (Å²) in [5.41, 5.74) is 7.64. The third-order valence-corrected chi connectivity index (χ3v) is 4.96. The molecule has 26 heavy (non-hydrogen) atoms. The molecule has 3 aromatic rings. The Hall–Kier alpha value is -3.10. The molecule has 0 aromatic heterocycles.